The minimum atomic E-state index is -0.112. The van der Waals surface area contributed by atoms with E-state index < -0.39 is 0 Å². The summed E-state index contributed by atoms with van der Waals surface area (Å²) in [5.41, 5.74) is 1.30. The molecule has 1 aliphatic carbocycles. The molecule has 0 spiro atoms. The van der Waals surface area contributed by atoms with Crippen molar-refractivity contribution < 1.29 is 3.89 Å². The molecule has 0 saturated heterocycles. The fourth-order valence-corrected chi connectivity index (χ4v) is 1.72. The Kier molecular flexibility index (Phi) is 5.77. The fraction of sp³-hybridized carbons (Fsp3) is 0.538. The third-order valence-corrected chi connectivity index (χ3v) is 3.17. The molecular weight excluding hydrogens is 257 g/mol. The highest BCUT2D eigenvalue weighted by Crippen LogP contribution is 2.40. The van der Waals surface area contributed by atoms with E-state index in [9.17, 15) is 3.89 Å². The van der Waals surface area contributed by atoms with Crippen molar-refractivity contribution >= 4 is 23.9 Å². The Morgan fingerprint density at radius 3 is 2.35 bits per heavy atom. The minimum Gasteiger partial charge on any atom is -0.230 e. The molecule has 0 aliphatic heterocycles. The van der Waals surface area contributed by atoms with Gasteiger partial charge < -0.3 is 0 Å². The molecule has 17 heavy (non-hydrogen) atoms. The molecule has 0 radical (unpaired) electrons. The quantitative estimate of drug-likeness (QED) is 0.752. The molecule has 1 aromatic rings. The van der Waals surface area contributed by atoms with E-state index in [0.717, 1.165) is 10.9 Å². The maximum Gasteiger partial charge on any atom is 0.131 e. The first-order valence-electron chi connectivity index (χ1n) is 5.72. The van der Waals surface area contributed by atoms with E-state index in [-0.39, 0.29) is 17.9 Å². The van der Waals surface area contributed by atoms with Crippen LogP contribution in [0.15, 0.2) is 24.3 Å². The van der Waals surface area contributed by atoms with Crippen LogP contribution in [-0.2, 0) is 0 Å². The highest BCUT2D eigenvalue weighted by molar-refractivity contribution is 7.92. The third-order valence-electron chi connectivity index (χ3n) is 2.24. The van der Waals surface area contributed by atoms with Crippen LogP contribution in [0.3, 0.4) is 0 Å². The zero-order valence-corrected chi connectivity index (χ0v) is 12.0. The lowest BCUT2D eigenvalue weighted by Crippen LogP contribution is -2.28. The Hall–Kier alpha value is -0.250. The smallest absolute Gasteiger partial charge is 0.131 e. The molecular formula is C13H19ClFNS. The summed E-state index contributed by atoms with van der Waals surface area (Å²) in [6.07, 6.45) is 2.70. The van der Waals surface area contributed by atoms with E-state index in [2.05, 4.69) is 16.9 Å². The summed E-state index contributed by atoms with van der Waals surface area (Å²) < 4.78 is 13.8. The third kappa shape index (κ3) is 6.92. The Bertz CT molecular complexity index is 348. The zero-order chi connectivity index (χ0) is 12.9. The Balaban J connectivity index is 0.000000185. The second kappa shape index (κ2) is 6.62. The average Bonchev–Trinajstić information content (AvgIpc) is 2.99. The van der Waals surface area contributed by atoms with Crippen LogP contribution in [0.25, 0.3) is 0 Å². The van der Waals surface area contributed by atoms with Gasteiger partial charge in [-0.15, -0.1) is 3.89 Å². The molecule has 1 aliphatic rings. The molecule has 1 N–H and O–H groups in total. The van der Waals surface area contributed by atoms with Gasteiger partial charge in [0, 0.05) is 10.6 Å². The van der Waals surface area contributed by atoms with E-state index in [0.29, 0.717) is 0 Å². The number of halogens is 2. The molecule has 1 fully saturated rings. The normalized spacial score (nSPS) is 15.1. The molecule has 0 bridgehead atoms. The molecule has 0 heterocycles. The van der Waals surface area contributed by atoms with E-state index in [1.54, 1.807) is 0 Å². The number of rotatable bonds is 2. The van der Waals surface area contributed by atoms with Gasteiger partial charge in [-0.2, -0.15) is 0 Å². The largest absolute Gasteiger partial charge is 0.230 e. The van der Waals surface area contributed by atoms with Gasteiger partial charge in [0.2, 0.25) is 0 Å². The lowest BCUT2D eigenvalue weighted by atomic mass is 10.1. The van der Waals surface area contributed by atoms with Gasteiger partial charge in [0.05, 0.1) is 0 Å². The summed E-state index contributed by atoms with van der Waals surface area (Å²) in [5, 5.41) is 0.865. The van der Waals surface area contributed by atoms with Gasteiger partial charge in [-0.3, -0.25) is 0 Å². The molecule has 0 aromatic heterocycles. The first-order chi connectivity index (χ1) is 7.92. The topological polar surface area (TPSA) is 12.0 Å². The SMILES string of the molecule is CC(C)(C)NSF.Clc1cccc(C2CC2)c1. The molecule has 4 heteroatoms. The van der Waals surface area contributed by atoms with E-state index in [4.69, 9.17) is 11.6 Å². The Morgan fingerprint density at radius 1 is 1.35 bits per heavy atom. The van der Waals surface area contributed by atoms with Gasteiger partial charge in [0.25, 0.3) is 0 Å². The maximum absolute atomic E-state index is 11.3. The van der Waals surface area contributed by atoms with Gasteiger partial charge in [0.1, 0.15) is 12.3 Å². The summed E-state index contributed by atoms with van der Waals surface area (Å²) in [6.45, 7) is 5.71. The predicted octanol–water partition coefficient (Wildman–Crippen LogP) is 5.12. The monoisotopic (exact) mass is 275 g/mol. The first-order valence-corrected chi connectivity index (χ1v) is 6.82. The zero-order valence-electron chi connectivity index (χ0n) is 10.5. The maximum atomic E-state index is 11.3. The van der Waals surface area contributed by atoms with Crippen LogP contribution < -0.4 is 4.72 Å². The average molecular weight is 276 g/mol. The van der Waals surface area contributed by atoms with Crippen LogP contribution in [0.2, 0.25) is 5.02 Å². The van der Waals surface area contributed by atoms with Crippen LogP contribution in [0, 0.1) is 0 Å². The van der Waals surface area contributed by atoms with Crippen LogP contribution >= 0.6 is 23.9 Å². The van der Waals surface area contributed by atoms with Gasteiger partial charge >= 0.3 is 0 Å². The number of hydrogen-bond acceptors (Lipinski definition) is 2. The van der Waals surface area contributed by atoms with Crippen molar-refractivity contribution in [1.82, 2.24) is 4.72 Å². The van der Waals surface area contributed by atoms with Gasteiger partial charge in [-0.05, 0) is 57.2 Å². The number of nitrogens with one attached hydrogen (secondary N) is 1. The van der Waals surface area contributed by atoms with Crippen LogP contribution in [-0.4, -0.2) is 5.54 Å². The van der Waals surface area contributed by atoms with Gasteiger partial charge in [-0.25, -0.2) is 4.72 Å². The summed E-state index contributed by atoms with van der Waals surface area (Å²) >= 11 is 5.98. The van der Waals surface area contributed by atoms with Crippen LogP contribution in [0.1, 0.15) is 45.1 Å². The lowest BCUT2D eigenvalue weighted by molar-refractivity contribution is 0.529. The second-order valence-corrected chi connectivity index (χ2v) is 6.05. The predicted molar refractivity (Wildman–Crippen MR) is 75.0 cm³/mol. The van der Waals surface area contributed by atoms with Crippen molar-refractivity contribution in [2.75, 3.05) is 0 Å². The van der Waals surface area contributed by atoms with Gasteiger partial charge in [-0.1, -0.05) is 23.7 Å². The van der Waals surface area contributed by atoms with E-state index in [1.807, 2.05) is 32.9 Å². The molecule has 0 atom stereocenters. The molecule has 0 amide bonds. The van der Waals surface area contributed by atoms with Crippen molar-refractivity contribution in [3.05, 3.63) is 34.9 Å². The molecule has 1 aromatic carbocycles. The highest BCUT2D eigenvalue weighted by atomic mass is 35.5. The van der Waals surface area contributed by atoms with Crippen molar-refractivity contribution in [3.8, 4) is 0 Å². The Morgan fingerprint density at radius 2 is 2.00 bits per heavy atom. The lowest BCUT2D eigenvalue weighted by Gasteiger charge is -2.14. The molecule has 2 rings (SSSR count). The van der Waals surface area contributed by atoms with Crippen LogP contribution in [0.4, 0.5) is 3.89 Å². The molecule has 1 nitrogen and oxygen atoms in total. The fourth-order valence-electron chi connectivity index (χ4n) is 1.29. The van der Waals surface area contributed by atoms with Crippen LogP contribution in [0.5, 0.6) is 0 Å². The second-order valence-electron chi connectivity index (χ2n) is 5.26. The summed E-state index contributed by atoms with van der Waals surface area (Å²) in [6, 6.07) is 8.17. The van der Waals surface area contributed by atoms with Gasteiger partial charge in [0.15, 0.2) is 0 Å². The summed E-state index contributed by atoms with van der Waals surface area (Å²) in [5.74, 6) is 0.818. The van der Waals surface area contributed by atoms with E-state index >= 15 is 0 Å². The molecule has 0 unspecified atom stereocenters. The van der Waals surface area contributed by atoms with Crippen molar-refractivity contribution in [1.29, 1.82) is 0 Å². The van der Waals surface area contributed by atoms with E-state index in [1.165, 1.54) is 18.4 Å². The standard InChI is InChI=1S/C9H9Cl.C4H10FNS/c10-9-3-1-2-8(6-9)7-4-5-7;1-4(2,3)6-7-5/h1-3,6-7H,4-5H2;6H,1-3H3. The highest BCUT2D eigenvalue weighted by Gasteiger charge is 2.22. The van der Waals surface area contributed by atoms with Crippen molar-refractivity contribution in [3.63, 3.8) is 0 Å². The number of benzene rings is 1. The summed E-state index contributed by atoms with van der Waals surface area (Å²) in [7, 11) is 0. The Labute approximate surface area is 113 Å². The molecule has 1 saturated carbocycles. The first kappa shape index (κ1) is 14.8. The molecule has 96 valence electrons. The summed E-state index contributed by atoms with van der Waals surface area (Å²) in [4.78, 5) is 0. The van der Waals surface area contributed by atoms with Crippen molar-refractivity contribution in [2.45, 2.75) is 45.1 Å². The number of hydrogen-bond donors (Lipinski definition) is 1. The minimum absolute atomic E-state index is 0.112. The van der Waals surface area contributed by atoms with Crippen molar-refractivity contribution in [2.24, 2.45) is 0 Å².